The zero-order chi connectivity index (χ0) is 23.3. The second kappa shape index (κ2) is 10.3. The molecular weight excluding hydrogens is 523 g/mol. The first kappa shape index (κ1) is 24.0. The molecule has 1 atom stereocenters. The first-order chi connectivity index (χ1) is 15.1. The summed E-state index contributed by atoms with van der Waals surface area (Å²) in [5.41, 5.74) is 2.08. The summed E-state index contributed by atoms with van der Waals surface area (Å²) in [6.07, 6.45) is 0.0769. The highest BCUT2D eigenvalue weighted by Crippen LogP contribution is 2.22. The van der Waals surface area contributed by atoms with Crippen LogP contribution in [0.25, 0.3) is 0 Å². The zero-order valence-corrected chi connectivity index (χ0v) is 20.3. The third kappa shape index (κ3) is 6.45. The fourth-order valence-corrected chi connectivity index (χ4v) is 3.79. The number of ether oxygens (including phenoxy) is 1. The quantitative estimate of drug-likeness (QED) is 0.156. The number of aliphatic imine (C=N–C) groups is 1. The maximum Gasteiger partial charge on any atom is 0.331 e. The number of halogens is 3. The van der Waals surface area contributed by atoms with Gasteiger partial charge in [-0.05, 0) is 61.1 Å². The minimum Gasteiger partial charge on any atom is -0.458 e. The Balaban J connectivity index is 2.11. The first-order valence-corrected chi connectivity index (χ1v) is 11.3. The maximum absolute atomic E-state index is 13.9. The largest absolute Gasteiger partial charge is 0.458 e. The molecule has 0 fully saturated rings. The number of nitrogens with zero attached hydrogens (tertiary/aromatic N) is 1. The first-order valence-electron chi connectivity index (χ1n) is 10.2. The van der Waals surface area contributed by atoms with Crippen molar-refractivity contribution in [1.29, 1.82) is 0 Å². The minimum atomic E-state index is -0.960. The molecule has 0 amide bonds. The van der Waals surface area contributed by atoms with E-state index in [1.165, 1.54) is 0 Å². The predicted molar refractivity (Wildman–Crippen MR) is 131 cm³/mol. The van der Waals surface area contributed by atoms with Crippen molar-refractivity contribution < 1.29 is 18.3 Å². The summed E-state index contributed by atoms with van der Waals surface area (Å²) in [5.74, 6) is -2.41. The van der Waals surface area contributed by atoms with Crippen LogP contribution in [-0.4, -0.2) is 23.3 Å². The normalized spacial score (nSPS) is 12.2. The van der Waals surface area contributed by atoms with Gasteiger partial charge < -0.3 is 4.74 Å². The van der Waals surface area contributed by atoms with E-state index in [1.807, 2.05) is 83.3 Å². The molecule has 0 radical (unpaired) electrons. The van der Waals surface area contributed by atoms with Crippen molar-refractivity contribution in [3.8, 4) is 0 Å². The molecule has 0 heterocycles. The standard InChI is InChI=1S/C26H24F2INO2/c1-26(2,3)32-25(31)23(15-19-14-20(27)21(28)16-22(19)29)30-24(17-10-6-4-7-11-17)18-12-8-5-9-13-18/h4-14,16,23H,15H2,1-3H3. The predicted octanol–water partition coefficient (Wildman–Crippen LogP) is 6.36. The molecule has 0 aromatic heterocycles. The van der Waals surface area contributed by atoms with Crippen LogP contribution in [0.3, 0.4) is 0 Å². The lowest BCUT2D eigenvalue weighted by Gasteiger charge is -2.23. The molecule has 0 aliphatic heterocycles. The van der Waals surface area contributed by atoms with E-state index in [4.69, 9.17) is 9.73 Å². The second-order valence-electron chi connectivity index (χ2n) is 8.32. The zero-order valence-electron chi connectivity index (χ0n) is 18.1. The van der Waals surface area contributed by atoms with Gasteiger partial charge in [0.25, 0.3) is 0 Å². The molecule has 0 saturated carbocycles. The van der Waals surface area contributed by atoms with Gasteiger partial charge in [-0.2, -0.15) is 0 Å². The molecule has 0 N–H and O–H groups in total. The molecule has 3 aromatic carbocycles. The molecule has 0 aliphatic carbocycles. The highest BCUT2D eigenvalue weighted by Gasteiger charge is 2.27. The van der Waals surface area contributed by atoms with Crippen molar-refractivity contribution in [2.75, 3.05) is 0 Å². The van der Waals surface area contributed by atoms with Crippen molar-refractivity contribution in [2.24, 2.45) is 4.99 Å². The van der Waals surface area contributed by atoms with Gasteiger partial charge in [0.1, 0.15) is 5.60 Å². The molecule has 3 nitrogen and oxygen atoms in total. The van der Waals surface area contributed by atoms with Crippen LogP contribution in [0.15, 0.2) is 77.8 Å². The third-order valence-electron chi connectivity index (χ3n) is 4.56. The molecule has 32 heavy (non-hydrogen) atoms. The van der Waals surface area contributed by atoms with Crippen LogP contribution in [0.4, 0.5) is 8.78 Å². The Morgan fingerprint density at radius 3 is 1.94 bits per heavy atom. The van der Waals surface area contributed by atoms with E-state index in [9.17, 15) is 13.6 Å². The Hall–Kier alpha value is -2.61. The summed E-state index contributed by atoms with van der Waals surface area (Å²) in [5, 5.41) is 0. The average molecular weight is 547 g/mol. The van der Waals surface area contributed by atoms with Gasteiger partial charge >= 0.3 is 5.97 Å². The van der Waals surface area contributed by atoms with Crippen LogP contribution >= 0.6 is 22.6 Å². The molecule has 3 aromatic rings. The van der Waals surface area contributed by atoms with E-state index in [0.717, 1.165) is 23.3 Å². The lowest BCUT2D eigenvalue weighted by Crippen LogP contribution is -2.33. The number of carbonyl (C=O) groups is 1. The van der Waals surface area contributed by atoms with E-state index in [2.05, 4.69) is 0 Å². The minimum absolute atomic E-state index is 0.0769. The number of benzene rings is 3. The lowest BCUT2D eigenvalue weighted by molar-refractivity contribution is -0.156. The van der Waals surface area contributed by atoms with E-state index in [0.29, 0.717) is 14.8 Å². The van der Waals surface area contributed by atoms with E-state index in [-0.39, 0.29) is 6.42 Å². The Labute approximate surface area is 200 Å². The van der Waals surface area contributed by atoms with Gasteiger partial charge in [0.15, 0.2) is 17.7 Å². The van der Waals surface area contributed by atoms with Crippen molar-refractivity contribution >= 4 is 34.3 Å². The van der Waals surface area contributed by atoms with Crippen molar-refractivity contribution in [1.82, 2.24) is 0 Å². The number of hydrogen-bond donors (Lipinski definition) is 0. The third-order valence-corrected chi connectivity index (χ3v) is 5.57. The SMILES string of the molecule is CC(C)(C)OC(=O)C(Cc1cc(F)c(F)cc1I)N=C(c1ccccc1)c1ccccc1. The number of hydrogen-bond acceptors (Lipinski definition) is 3. The summed E-state index contributed by atoms with van der Waals surface area (Å²) < 4.78 is 33.7. The Kier molecular flexibility index (Phi) is 7.77. The Bertz CT molecular complexity index is 1070. The molecule has 0 spiro atoms. The average Bonchev–Trinajstić information content (AvgIpc) is 2.74. The van der Waals surface area contributed by atoms with Gasteiger partial charge in [-0.1, -0.05) is 60.7 Å². The van der Waals surface area contributed by atoms with Gasteiger partial charge in [-0.15, -0.1) is 0 Å². The van der Waals surface area contributed by atoms with Gasteiger partial charge in [-0.3, -0.25) is 4.99 Å². The smallest absolute Gasteiger partial charge is 0.331 e. The monoisotopic (exact) mass is 547 g/mol. The van der Waals surface area contributed by atoms with Crippen molar-refractivity contribution in [2.45, 2.75) is 38.8 Å². The molecule has 0 bridgehead atoms. The second-order valence-corrected chi connectivity index (χ2v) is 9.48. The summed E-state index contributed by atoms with van der Waals surface area (Å²) in [4.78, 5) is 17.9. The van der Waals surface area contributed by atoms with Crippen LogP contribution in [0.5, 0.6) is 0 Å². The van der Waals surface area contributed by atoms with Gasteiger partial charge in [0.2, 0.25) is 0 Å². The summed E-state index contributed by atoms with van der Waals surface area (Å²) >= 11 is 1.94. The summed E-state index contributed by atoms with van der Waals surface area (Å²) in [7, 11) is 0. The summed E-state index contributed by atoms with van der Waals surface area (Å²) in [6, 6.07) is 20.4. The van der Waals surface area contributed by atoms with E-state index >= 15 is 0 Å². The lowest BCUT2D eigenvalue weighted by atomic mass is 10.0. The van der Waals surface area contributed by atoms with Crippen LogP contribution in [0.1, 0.15) is 37.5 Å². The fourth-order valence-electron chi connectivity index (χ4n) is 3.14. The fraction of sp³-hybridized carbons (Fsp3) is 0.231. The molecule has 166 valence electrons. The molecule has 0 aliphatic rings. The van der Waals surface area contributed by atoms with Gasteiger partial charge in [0.05, 0.1) is 5.71 Å². The van der Waals surface area contributed by atoms with Crippen molar-refractivity contribution in [3.05, 3.63) is 105 Å². The van der Waals surface area contributed by atoms with Crippen LogP contribution in [-0.2, 0) is 16.0 Å². The molecule has 3 rings (SSSR count). The Morgan fingerprint density at radius 1 is 0.938 bits per heavy atom. The Morgan fingerprint density at radius 2 is 1.44 bits per heavy atom. The molecular formula is C26H24F2INO2. The van der Waals surface area contributed by atoms with Gasteiger partial charge in [0, 0.05) is 21.1 Å². The summed E-state index contributed by atoms with van der Waals surface area (Å²) in [6.45, 7) is 5.34. The maximum atomic E-state index is 13.9. The van der Waals surface area contributed by atoms with E-state index < -0.39 is 29.2 Å². The highest BCUT2D eigenvalue weighted by molar-refractivity contribution is 14.1. The van der Waals surface area contributed by atoms with Crippen LogP contribution < -0.4 is 0 Å². The van der Waals surface area contributed by atoms with E-state index in [1.54, 1.807) is 20.8 Å². The van der Waals surface area contributed by atoms with Crippen molar-refractivity contribution in [3.63, 3.8) is 0 Å². The van der Waals surface area contributed by atoms with Crippen LogP contribution in [0.2, 0.25) is 0 Å². The van der Waals surface area contributed by atoms with Crippen LogP contribution in [0, 0.1) is 15.2 Å². The molecule has 0 saturated heterocycles. The molecule has 6 heteroatoms. The number of rotatable bonds is 6. The highest BCUT2D eigenvalue weighted by atomic mass is 127. The topological polar surface area (TPSA) is 38.7 Å². The number of esters is 1. The molecule has 1 unspecified atom stereocenters. The number of carbonyl (C=O) groups excluding carboxylic acids is 1. The van der Waals surface area contributed by atoms with Gasteiger partial charge in [-0.25, -0.2) is 13.6 Å².